The largest absolute Gasteiger partial charge is 0.376 e. The molecule has 1 atom stereocenters. The number of fused-ring (bicyclic) bond motifs is 1. The molecule has 4 rings (SSSR count). The number of hydrogen-bond donors (Lipinski definition) is 1. The highest BCUT2D eigenvalue weighted by atomic mass is 32.2. The molecule has 0 radical (unpaired) electrons. The lowest BCUT2D eigenvalue weighted by atomic mass is 10.1. The van der Waals surface area contributed by atoms with Gasteiger partial charge in [0.2, 0.25) is 5.91 Å². The Hall–Kier alpha value is -2.16. The van der Waals surface area contributed by atoms with E-state index in [-0.39, 0.29) is 23.3 Å². The minimum absolute atomic E-state index is 0.0807. The van der Waals surface area contributed by atoms with Crippen LogP contribution in [0.15, 0.2) is 28.2 Å². The summed E-state index contributed by atoms with van der Waals surface area (Å²) in [5.74, 6) is 0.111. The fourth-order valence-electron chi connectivity index (χ4n) is 3.76. The number of rotatable bonds is 6. The molecule has 6 nitrogen and oxygen atoms in total. The predicted octanol–water partition coefficient (Wildman–Crippen LogP) is 4.07. The molecule has 1 N–H and O–H groups in total. The molecule has 1 amide bonds. The van der Waals surface area contributed by atoms with E-state index in [2.05, 4.69) is 5.32 Å². The Morgan fingerprint density at radius 1 is 1.32 bits per heavy atom. The molecule has 8 heteroatoms. The van der Waals surface area contributed by atoms with Gasteiger partial charge in [0.15, 0.2) is 5.16 Å². The third-order valence-electron chi connectivity index (χ3n) is 5.66. The minimum Gasteiger partial charge on any atom is -0.376 e. The number of aromatic nitrogens is 2. The molecule has 2 aromatic heterocycles. The fourth-order valence-corrected chi connectivity index (χ4v) is 5.66. The van der Waals surface area contributed by atoms with E-state index >= 15 is 0 Å². The van der Waals surface area contributed by atoms with Gasteiger partial charge >= 0.3 is 0 Å². The van der Waals surface area contributed by atoms with Crippen molar-refractivity contribution in [3.05, 3.63) is 50.1 Å². The van der Waals surface area contributed by atoms with Crippen molar-refractivity contribution in [3.63, 3.8) is 0 Å². The molecule has 0 spiro atoms. The highest BCUT2D eigenvalue weighted by Gasteiger charge is 2.21. The van der Waals surface area contributed by atoms with E-state index in [1.165, 1.54) is 23.1 Å². The number of nitrogens with zero attached hydrogens (tertiary/aromatic N) is 2. The number of amides is 1. The zero-order chi connectivity index (χ0) is 22.1. The van der Waals surface area contributed by atoms with E-state index < -0.39 is 0 Å². The van der Waals surface area contributed by atoms with Crippen LogP contribution in [-0.4, -0.2) is 40.5 Å². The molecular weight excluding hydrogens is 430 g/mol. The Morgan fingerprint density at radius 3 is 2.87 bits per heavy atom. The molecule has 3 heterocycles. The molecule has 1 aliphatic rings. The maximum Gasteiger partial charge on any atom is 0.267 e. The summed E-state index contributed by atoms with van der Waals surface area (Å²) < 4.78 is 7.24. The van der Waals surface area contributed by atoms with Gasteiger partial charge in [-0.15, -0.1) is 11.3 Å². The molecule has 1 unspecified atom stereocenters. The maximum atomic E-state index is 13.6. The smallest absolute Gasteiger partial charge is 0.267 e. The average molecular weight is 458 g/mol. The second-order valence-corrected chi connectivity index (χ2v) is 10.2. The van der Waals surface area contributed by atoms with Crippen molar-refractivity contribution < 1.29 is 9.53 Å². The maximum absolute atomic E-state index is 13.6. The highest BCUT2D eigenvalue weighted by molar-refractivity contribution is 7.99. The van der Waals surface area contributed by atoms with Gasteiger partial charge in [-0.25, -0.2) is 4.98 Å². The van der Waals surface area contributed by atoms with Crippen LogP contribution in [0.2, 0.25) is 0 Å². The number of carbonyl (C=O) groups is 1. The van der Waals surface area contributed by atoms with Crippen LogP contribution in [0.5, 0.6) is 0 Å². The van der Waals surface area contributed by atoms with Crippen molar-refractivity contribution in [2.45, 2.75) is 51.8 Å². The van der Waals surface area contributed by atoms with Crippen molar-refractivity contribution in [1.82, 2.24) is 14.9 Å². The van der Waals surface area contributed by atoms with E-state index in [9.17, 15) is 9.59 Å². The lowest BCUT2D eigenvalue weighted by Crippen LogP contribution is -2.33. The van der Waals surface area contributed by atoms with Gasteiger partial charge in [-0.2, -0.15) is 0 Å². The number of aryl methyl sites for hydroxylation is 4. The first kappa shape index (κ1) is 22.0. The Labute approximate surface area is 190 Å². The van der Waals surface area contributed by atoms with Crippen molar-refractivity contribution in [2.75, 3.05) is 18.9 Å². The number of benzene rings is 1. The summed E-state index contributed by atoms with van der Waals surface area (Å²) >= 11 is 2.82. The zero-order valence-electron chi connectivity index (χ0n) is 18.3. The van der Waals surface area contributed by atoms with E-state index in [1.54, 1.807) is 4.57 Å². The lowest BCUT2D eigenvalue weighted by molar-refractivity contribution is -0.119. The number of ether oxygens (including phenoxy) is 1. The monoisotopic (exact) mass is 457 g/mol. The average Bonchev–Trinajstić information content (AvgIpc) is 3.35. The molecule has 0 saturated carbocycles. The summed E-state index contributed by atoms with van der Waals surface area (Å²) in [5.41, 5.74) is 3.76. The molecule has 31 heavy (non-hydrogen) atoms. The van der Waals surface area contributed by atoms with Crippen LogP contribution >= 0.6 is 23.1 Å². The third-order valence-corrected chi connectivity index (χ3v) is 7.70. The van der Waals surface area contributed by atoms with Crippen LogP contribution in [-0.2, 0) is 9.53 Å². The topological polar surface area (TPSA) is 73.2 Å². The molecule has 0 bridgehead atoms. The SMILES string of the molecule is Cc1ccc(C)c(-n2c(SCC(=O)NCC3CCCO3)nc3sc(C)c(C)c3c2=O)c1. The summed E-state index contributed by atoms with van der Waals surface area (Å²) in [4.78, 5) is 32.7. The van der Waals surface area contributed by atoms with E-state index in [4.69, 9.17) is 9.72 Å². The fraction of sp³-hybridized carbons (Fsp3) is 0.435. The van der Waals surface area contributed by atoms with Crippen LogP contribution in [0.25, 0.3) is 15.9 Å². The minimum atomic E-state index is -0.0825. The van der Waals surface area contributed by atoms with E-state index in [1.807, 2.05) is 45.9 Å². The van der Waals surface area contributed by atoms with Gasteiger partial charge in [0.25, 0.3) is 5.56 Å². The van der Waals surface area contributed by atoms with Crippen molar-refractivity contribution in [1.29, 1.82) is 0 Å². The van der Waals surface area contributed by atoms with Gasteiger partial charge in [0.05, 0.1) is 22.9 Å². The number of nitrogens with one attached hydrogen (secondary N) is 1. The van der Waals surface area contributed by atoms with Crippen molar-refractivity contribution in [3.8, 4) is 5.69 Å². The summed E-state index contributed by atoms with van der Waals surface area (Å²) in [6.45, 7) is 9.26. The molecule has 1 fully saturated rings. The first-order valence-corrected chi connectivity index (χ1v) is 12.3. The Morgan fingerprint density at radius 2 is 2.13 bits per heavy atom. The first-order chi connectivity index (χ1) is 14.8. The summed E-state index contributed by atoms with van der Waals surface area (Å²) in [7, 11) is 0. The van der Waals surface area contributed by atoms with Crippen molar-refractivity contribution >= 4 is 39.2 Å². The van der Waals surface area contributed by atoms with Crippen LogP contribution in [0, 0.1) is 27.7 Å². The Bertz CT molecular complexity index is 1190. The molecule has 1 aliphatic heterocycles. The normalized spacial score (nSPS) is 16.2. The summed E-state index contributed by atoms with van der Waals surface area (Å²) in [5, 5.41) is 4.15. The molecule has 1 aromatic carbocycles. The molecule has 3 aromatic rings. The van der Waals surface area contributed by atoms with Gasteiger partial charge in [0, 0.05) is 18.0 Å². The predicted molar refractivity (Wildman–Crippen MR) is 127 cm³/mol. The van der Waals surface area contributed by atoms with E-state index in [0.29, 0.717) is 17.1 Å². The summed E-state index contributed by atoms with van der Waals surface area (Å²) in [6.07, 6.45) is 2.13. The number of thioether (sulfide) groups is 1. The quantitative estimate of drug-likeness (QED) is 0.446. The molecule has 164 valence electrons. The molecule has 0 aliphatic carbocycles. The summed E-state index contributed by atoms with van der Waals surface area (Å²) in [6, 6.07) is 6.04. The highest BCUT2D eigenvalue weighted by Crippen LogP contribution is 2.30. The number of hydrogen-bond acceptors (Lipinski definition) is 6. The number of thiophene rings is 1. The van der Waals surface area contributed by atoms with Gasteiger partial charge in [-0.05, 0) is 63.3 Å². The van der Waals surface area contributed by atoms with Gasteiger partial charge in [0.1, 0.15) is 4.83 Å². The van der Waals surface area contributed by atoms with Crippen LogP contribution in [0.1, 0.15) is 34.4 Å². The first-order valence-electron chi connectivity index (χ1n) is 10.5. The van der Waals surface area contributed by atoms with Crippen LogP contribution in [0.4, 0.5) is 0 Å². The van der Waals surface area contributed by atoms with Crippen LogP contribution in [0.3, 0.4) is 0 Å². The Balaban J connectivity index is 1.68. The van der Waals surface area contributed by atoms with Gasteiger partial charge < -0.3 is 10.1 Å². The standard InChI is InChI=1S/C23H27N3O3S2/c1-13-7-8-14(2)18(10-13)26-22(28)20-15(3)16(4)31-21(20)25-23(26)30-12-19(27)24-11-17-6-5-9-29-17/h7-8,10,17H,5-6,9,11-12H2,1-4H3,(H,24,27). The second-order valence-electron chi connectivity index (χ2n) is 8.02. The second kappa shape index (κ2) is 9.14. The number of carbonyl (C=O) groups excluding carboxylic acids is 1. The lowest BCUT2D eigenvalue weighted by Gasteiger charge is -2.15. The van der Waals surface area contributed by atoms with Gasteiger partial charge in [-0.3, -0.25) is 14.2 Å². The molecule has 1 saturated heterocycles. The third kappa shape index (κ3) is 4.56. The van der Waals surface area contributed by atoms with Crippen molar-refractivity contribution in [2.24, 2.45) is 0 Å². The Kier molecular flexibility index (Phi) is 6.50. The zero-order valence-corrected chi connectivity index (χ0v) is 19.9. The van der Waals surface area contributed by atoms with Crippen LogP contribution < -0.4 is 10.9 Å². The molecular formula is C23H27N3O3S2. The van der Waals surface area contributed by atoms with Gasteiger partial charge in [-0.1, -0.05) is 23.9 Å². The van der Waals surface area contributed by atoms with E-state index in [0.717, 1.165) is 51.5 Å².